The summed E-state index contributed by atoms with van der Waals surface area (Å²) < 4.78 is 11.6. The van der Waals surface area contributed by atoms with Crippen LogP contribution >= 0.6 is 0 Å². The second-order valence-corrected chi connectivity index (χ2v) is 9.12. The molecule has 6 fully saturated rings. The molecule has 6 aliphatic rings. The lowest BCUT2D eigenvalue weighted by atomic mass is 9.53. The second kappa shape index (κ2) is 5.87. The average Bonchev–Trinajstić information content (AvgIpc) is 2.52. The van der Waals surface area contributed by atoms with E-state index in [1.807, 2.05) is 0 Å². The Morgan fingerprint density at radius 3 is 2.12 bits per heavy atom. The molecule has 2 N–H and O–H groups in total. The first-order chi connectivity index (χ1) is 11.7. The van der Waals surface area contributed by atoms with Crippen molar-refractivity contribution in [2.75, 3.05) is 13.2 Å². The number of fused-ring (bicyclic) bond motifs is 1. The maximum atomic E-state index is 12.7. The summed E-state index contributed by atoms with van der Waals surface area (Å²) in [5.74, 6) is 2.58. The zero-order valence-electron chi connectivity index (χ0n) is 14.5. The van der Waals surface area contributed by atoms with Crippen LogP contribution in [0.25, 0.3) is 0 Å². The Labute approximate surface area is 144 Å². The Kier molecular flexibility index (Phi) is 3.78. The largest absolute Gasteiger partial charge is 0.373 e. The predicted molar refractivity (Wildman–Crippen MR) is 89.7 cm³/mol. The number of amides is 2. The summed E-state index contributed by atoms with van der Waals surface area (Å²) in [5.41, 5.74) is 0.0977. The Morgan fingerprint density at radius 1 is 0.833 bits per heavy atom. The van der Waals surface area contributed by atoms with Gasteiger partial charge in [0, 0.05) is 11.6 Å². The van der Waals surface area contributed by atoms with Crippen molar-refractivity contribution in [2.24, 2.45) is 17.8 Å². The maximum Gasteiger partial charge on any atom is 0.315 e. The molecule has 3 unspecified atom stereocenters. The van der Waals surface area contributed by atoms with Gasteiger partial charge in [0.25, 0.3) is 0 Å². The molecule has 24 heavy (non-hydrogen) atoms. The fourth-order valence-corrected chi connectivity index (χ4v) is 6.72. The van der Waals surface area contributed by atoms with Gasteiger partial charge in [0.2, 0.25) is 0 Å². The van der Waals surface area contributed by atoms with Crippen LogP contribution in [0.3, 0.4) is 0 Å². The highest BCUT2D eigenvalue weighted by Gasteiger charge is 2.51. The molecular formula is C19H30N2O3. The lowest BCUT2D eigenvalue weighted by molar-refractivity contribution is -0.157. The van der Waals surface area contributed by atoms with Gasteiger partial charge < -0.3 is 20.1 Å². The molecule has 0 spiro atoms. The van der Waals surface area contributed by atoms with E-state index in [1.165, 1.54) is 38.5 Å². The van der Waals surface area contributed by atoms with E-state index in [0.29, 0.717) is 13.2 Å². The molecule has 4 bridgehead atoms. The van der Waals surface area contributed by atoms with Crippen molar-refractivity contribution in [2.45, 2.75) is 81.6 Å². The molecule has 0 aromatic rings. The van der Waals surface area contributed by atoms with Gasteiger partial charge in [-0.1, -0.05) is 0 Å². The Balaban J connectivity index is 1.18. The van der Waals surface area contributed by atoms with Crippen LogP contribution in [0.4, 0.5) is 4.79 Å². The van der Waals surface area contributed by atoms with Crippen molar-refractivity contribution in [1.29, 1.82) is 0 Å². The van der Waals surface area contributed by atoms with Gasteiger partial charge in [0.15, 0.2) is 0 Å². The Bertz CT molecular complexity index is 474. The predicted octanol–water partition coefficient (Wildman–Crippen LogP) is 2.59. The smallest absolute Gasteiger partial charge is 0.315 e. The van der Waals surface area contributed by atoms with Gasteiger partial charge in [-0.05, 0) is 75.5 Å². The van der Waals surface area contributed by atoms with Gasteiger partial charge in [-0.3, -0.25) is 0 Å². The van der Waals surface area contributed by atoms with Gasteiger partial charge in [0.1, 0.15) is 0 Å². The zero-order valence-corrected chi connectivity index (χ0v) is 14.5. The quantitative estimate of drug-likeness (QED) is 0.816. The number of carbonyl (C=O) groups is 1. The molecular weight excluding hydrogens is 304 g/mol. The molecule has 2 amide bonds. The van der Waals surface area contributed by atoms with Crippen molar-refractivity contribution in [1.82, 2.24) is 10.6 Å². The topological polar surface area (TPSA) is 59.6 Å². The SMILES string of the molecule is O=C(NC1CCC2OCCOC2C1)NC12CC3CC(CC(C3)C1)C2. The first-order valence-electron chi connectivity index (χ1n) is 9.99. The minimum atomic E-state index is 0.0529. The summed E-state index contributed by atoms with van der Waals surface area (Å²) >= 11 is 0. The summed E-state index contributed by atoms with van der Waals surface area (Å²) in [6, 6.07) is 0.277. The van der Waals surface area contributed by atoms with Gasteiger partial charge >= 0.3 is 6.03 Å². The highest BCUT2D eigenvalue weighted by Crippen LogP contribution is 2.55. The molecule has 5 saturated carbocycles. The Morgan fingerprint density at radius 2 is 1.46 bits per heavy atom. The lowest BCUT2D eigenvalue weighted by Gasteiger charge is -2.56. The van der Waals surface area contributed by atoms with E-state index in [9.17, 15) is 4.79 Å². The monoisotopic (exact) mass is 334 g/mol. The highest BCUT2D eigenvalue weighted by atomic mass is 16.6. The van der Waals surface area contributed by atoms with Crippen LogP contribution < -0.4 is 10.6 Å². The fraction of sp³-hybridized carbons (Fsp3) is 0.947. The van der Waals surface area contributed by atoms with Crippen LogP contribution in [0, 0.1) is 17.8 Å². The number of hydrogen-bond donors (Lipinski definition) is 2. The van der Waals surface area contributed by atoms with Crippen molar-refractivity contribution < 1.29 is 14.3 Å². The van der Waals surface area contributed by atoms with E-state index in [1.54, 1.807) is 0 Å². The van der Waals surface area contributed by atoms with Gasteiger partial charge in [-0.25, -0.2) is 4.79 Å². The molecule has 0 aromatic heterocycles. The Hall–Kier alpha value is -0.810. The van der Waals surface area contributed by atoms with Crippen LogP contribution in [-0.2, 0) is 9.47 Å². The maximum absolute atomic E-state index is 12.7. The molecule has 5 heteroatoms. The van der Waals surface area contributed by atoms with Crippen molar-refractivity contribution in [3.05, 3.63) is 0 Å². The van der Waals surface area contributed by atoms with Crippen molar-refractivity contribution >= 4 is 6.03 Å². The number of nitrogens with one attached hydrogen (secondary N) is 2. The fourth-order valence-electron chi connectivity index (χ4n) is 6.72. The summed E-state index contributed by atoms with van der Waals surface area (Å²) in [4.78, 5) is 12.7. The van der Waals surface area contributed by atoms with Gasteiger partial charge in [-0.15, -0.1) is 0 Å². The standard InChI is InChI=1S/C19H30N2O3/c22-18(20-15-1-2-16-17(8-15)24-4-3-23-16)21-19-9-12-5-13(10-19)7-14(6-12)11-19/h12-17H,1-11H2,(H2,20,21,22). The number of hydrogen-bond acceptors (Lipinski definition) is 3. The van der Waals surface area contributed by atoms with E-state index in [2.05, 4.69) is 10.6 Å². The van der Waals surface area contributed by atoms with Crippen LogP contribution in [0.2, 0.25) is 0 Å². The molecule has 0 aromatic carbocycles. The molecule has 1 heterocycles. The summed E-state index contributed by atoms with van der Waals surface area (Å²) in [7, 11) is 0. The molecule has 6 rings (SSSR count). The van der Waals surface area contributed by atoms with Gasteiger partial charge in [-0.2, -0.15) is 0 Å². The first kappa shape index (κ1) is 15.4. The van der Waals surface area contributed by atoms with Crippen LogP contribution in [0.5, 0.6) is 0 Å². The third-order valence-electron chi connectivity index (χ3n) is 7.23. The van der Waals surface area contributed by atoms with E-state index in [0.717, 1.165) is 37.0 Å². The lowest BCUT2D eigenvalue weighted by Crippen LogP contribution is -2.62. The average molecular weight is 334 g/mol. The number of carbonyl (C=O) groups excluding carboxylic acids is 1. The molecule has 5 nitrogen and oxygen atoms in total. The number of urea groups is 1. The summed E-state index contributed by atoms with van der Waals surface area (Å²) in [6.45, 7) is 1.40. The second-order valence-electron chi connectivity index (χ2n) is 9.12. The molecule has 134 valence electrons. The normalized spacial score (nSPS) is 49.5. The molecule has 3 atom stereocenters. The highest BCUT2D eigenvalue weighted by molar-refractivity contribution is 5.75. The van der Waals surface area contributed by atoms with E-state index < -0.39 is 0 Å². The molecule has 1 aliphatic heterocycles. The van der Waals surface area contributed by atoms with E-state index >= 15 is 0 Å². The third kappa shape index (κ3) is 2.84. The third-order valence-corrected chi connectivity index (χ3v) is 7.23. The van der Waals surface area contributed by atoms with Crippen molar-refractivity contribution in [3.63, 3.8) is 0 Å². The van der Waals surface area contributed by atoms with E-state index in [-0.39, 0.29) is 29.8 Å². The zero-order chi connectivity index (χ0) is 16.1. The molecule has 0 radical (unpaired) electrons. The van der Waals surface area contributed by atoms with Crippen molar-refractivity contribution in [3.8, 4) is 0 Å². The minimum absolute atomic E-state index is 0.0529. The number of ether oxygens (including phenoxy) is 2. The summed E-state index contributed by atoms with van der Waals surface area (Å²) in [5, 5.41) is 6.66. The number of rotatable bonds is 2. The van der Waals surface area contributed by atoms with Gasteiger partial charge in [0.05, 0.1) is 25.4 Å². The minimum Gasteiger partial charge on any atom is -0.373 e. The first-order valence-corrected chi connectivity index (χ1v) is 9.99. The van der Waals surface area contributed by atoms with Crippen LogP contribution in [0.15, 0.2) is 0 Å². The molecule has 5 aliphatic carbocycles. The van der Waals surface area contributed by atoms with Crippen LogP contribution in [-0.4, -0.2) is 43.0 Å². The molecule has 1 saturated heterocycles. The van der Waals surface area contributed by atoms with Crippen LogP contribution in [0.1, 0.15) is 57.8 Å². The van der Waals surface area contributed by atoms with E-state index in [4.69, 9.17) is 9.47 Å². The summed E-state index contributed by atoms with van der Waals surface area (Å²) in [6.07, 6.45) is 11.1.